The fraction of sp³-hybridized carbons (Fsp3) is 0.533. The first-order chi connectivity index (χ1) is 10.5. The maximum absolute atomic E-state index is 12.2. The van der Waals surface area contributed by atoms with Gasteiger partial charge in [-0.2, -0.15) is 0 Å². The van der Waals surface area contributed by atoms with Gasteiger partial charge in [-0.1, -0.05) is 6.58 Å². The van der Waals surface area contributed by atoms with E-state index in [9.17, 15) is 9.59 Å². The fourth-order valence-electron chi connectivity index (χ4n) is 2.40. The first-order valence-electron chi connectivity index (χ1n) is 7.33. The molecule has 2 amide bonds. The molecule has 0 bridgehead atoms. The number of hydrogen-bond acceptors (Lipinski definition) is 5. The molecular formula is C15H22N4O2S. The van der Waals surface area contributed by atoms with Gasteiger partial charge in [-0.3, -0.25) is 9.59 Å². The molecule has 7 heteroatoms. The van der Waals surface area contributed by atoms with E-state index >= 15 is 0 Å². The number of anilines is 1. The minimum Gasteiger partial charge on any atom is -0.359 e. The molecule has 0 radical (unpaired) electrons. The zero-order chi connectivity index (χ0) is 16.1. The van der Waals surface area contributed by atoms with Crippen LogP contribution in [0.3, 0.4) is 0 Å². The Morgan fingerprint density at radius 3 is 2.77 bits per heavy atom. The van der Waals surface area contributed by atoms with Gasteiger partial charge in [-0.15, -0.1) is 11.3 Å². The zero-order valence-electron chi connectivity index (χ0n) is 13.0. The van der Waals surface area contributed by atoms with Gasteiger partial charge in [-0.25, -0.2) is 4.98 Å². The number of carbonyl (C=O) groups is 2. The molecule has 1 aromatic heterocycles. The highest BCUT2D eigenvalue weighted by molar-refractivity contribution is 7.13. The third-order valence-corrected chi connectivity index (χ3v) is 4.61. The molecule has 2 rings (SSSR count). The largest absolute Gasteiger partial charge is 0.359 e. The van der Waals surface area contributed by atoms with Crippen LogP contribution in [0.2, 0.25) is 0 Å². The van der Waals surface area contributed by atoms with Crippen molar-refractivity contribution in [2.75, 3.05) is 32.0 Å². The first kappa shape index (κ1) is 16.5. The quantitative estimate of drug-likeness (QED) is 0.834. The number of nitrogens with zero attached hydrogens (tertiary/aromatic N) is 3. The minimum atomic E-state index is -0.232. The van der Waals surface area contributed by atoms with Crippen LogP contribution in [0.4, 0.5) is 5.13 Å². The number of aromatic nitrogens is 1. The predicted octanol–water partition coefficient (Wildman–Crippen LogP) is 1.50. The van der Waals surface area contributed by atoms with Crippen LogP contribution in [0.1, 0.15) is 18.5 Å². The van der Waals surface area contributed by atoms with E-state index in [0.29, 0.717) is 19.1 Å². The smallest absolute Gasteiger partial charge is 0.246 e. The maximum atomic E-state index is 12.2. The van der Waals surface area contributed by atoms with Gasteiger partial charge in [0.15, 0.2) is 5.13 Å². The van der Waals surface area contributed by atoms with Gasteiger partial charge in [-0.05, 0) is 25.8 Å². The Labute approximate surface area is 134 Å². The first-order valence-corrected chi connectivity index (χ1v) is 8.21. The predicted molar refractivity (Wildman–Crippen MR) is 87.9 cm³/mol. The molecule has 22 heavy (non-hydrogen) atoms. The lowest BCUT2D eigenvalue weighted by molar-refractivity contribution is -0.137. The normalized spacial score (nSPS) is 15.5. The van der Waals surface area contributed by atoms with Crippen LogP contribution in [-0.2, 0) is 9.59 Å². The highest BCUT2D eigenvalue weighted by Crippen LogP contribution is 2.20. The van der Waals surface area contributed by atoms with Gasteiger partial charge in [0.1, 0.15) is 0 Å². The number of piperidine rings is 1. The minimum absolute atomic E-state index is 0.0127. The summed E-state index contributed by atoms with van der Waals surface area (Å²) in [6, 6.07) is 0.349. The number of carbonyl (C=O) groups excluding carboxylic acids is 2. The summed E-state index contributed by atoms with van der Waals surface area (Å²) in [6.45, 7) is 6.92. The van der Waals surface area contributed by atoms with Gasteiger partial charge in [0, 0.05) is 31.6 Å². The molecule has 0 aliphatic carbocycles. The van der Waals surface area contributed by atoms with E-state index in [1.54, 1.807) is 18.4 Å². The number of likely N-dealkylation sites (tertiary alicyclic amines) is 1. The number of amides is 2. The van der Waals surface area contributed by atoms with Crippen molar-refractivity contribution in [3.8, 4) is 0 Å². The molecule has 1 aliphatic heterocycles. The lowest BCUT2D eigenvalue weighted by atomic mass is 10.1. The topological polar surface area (TPSA) is 65.5 Å². The second-order valence-corrected chi connectivity index (χ2v) is 6.35. The molecule has 0 saturated carbocycles. The average molecular weight is 322 g/mol. The van der Waals surface area contributed by atoms with E-state index in [2.05, 4.69) is 16.9 Å². The number of hydrogen-bond donors (Lipinski definition) is 1. The highest BCUT2D eigenvalue weighted by Gasteiger charge is 2.24. The fourth-order valence-corrected chi connectivity index (χ4v) is 3.17. The molecular weight excluding hydrogens is 300 g/mol. The van der Waals surface area contributed by atoms with Gasteiger partial charge in [0.05, 0.1) is 12.2 Å². The van der Waals surface area contributed by atoms with E-state index in [1.807, 2.05) is 17.2 Å². The molecule has 0 atom stereocenters. The summed E-state index contributed by atoms with van der Waals surface area (Å²) in [4.78, 5) is 31.2. The lowest BCUT2D eigenvalue weighted by Gasteiger charge is -2.33. The van der Waals surface area contributed by atoms with Gasteiger partial charge < -0.3 is 15.1 Å². The molecule has 1 saturated heterocycles. The SMILES string of the molecule is C=CC(=O)N(C)CC(=O)N1CCC(Nc2nc(C)cs2)CC1. The standard InChI is InChI=1S/C15H22N4O2S/c1-4-13(20)18(3)9-14(21)19-7-5-12(6-8-19)17-15-16-11(2)10-22-15/h4,10,12H,1,5-9H2,2-3H3,(H,16,17). The Balaban J connectivity index is 1.77. The molecule has 0 unspecified atom stereocenters. The Morgan fingerprint density at radius 1 is 1.55 bits per heavy atom. The Morgan fingerprint density at radius 2 is 2.23 bits per heavy atom. The number of thiazole rings is 1. The van der Waals surface area contributed by atoms with Crippen molar-refractivity contribution in [3.05, 3.63) is 23.7 Å². The lowest BCUT2D eigenvalue weighted by Crippen LogP contribution is -2.46. The molecule has 1 aromatic rings. The second-order valence-electron chi connectivity index (χ2n) is 5.49. The number of rotatable bonds is 5. The van der Waals surface area contributed by atoms with E-state index in [1.165, 1.54) is 11.0 Å². The molecule has 6 nitrogen and oxygen atoms in total. The number of nitrogens with one attached hydrogen (secondary N) is 1. The Bertz CT molecular complexity index is 549. The van der Waals surface area contributed by atoms with E-state index in [0.717, 1.165) is 23.7 Å². The van der Waals surface area contributed by atoms with Crippen molar-refractivity contribution < 1.29 is 9.59 Å². The molecule has 0 spiro atoms. The molecule has 120 valence electrons. The third kappa shape index (κ3) is 4.30. The van der Waals surface area contributed by atoms with Gasteiger partial charge in [0.25, 0.3) is 0 Å². The molecule has 2 heterocycles. The van der Waals surface area contributed by atoms with Crippen LogP contribution in [0, 0.1) is 6.92 Å². The molecule has 1 aliphatic rings. The molecule has 1 fully saturated rings. The van der Waals surface area contributed by atoms with Gasteiger partial charge in [0.2, 0.25) is 11.8 Å². The van der Waals surface area contributed by atoms with Crippen LogP contribution in [0.5, 0.6) is 0 Å². The monoisotopic (exact) mass is 322 g/mol. The van der Waals surface area contributed by atoms with Crippen molar-refractivity contribution in [3.63, 3.8) is 0 Å². The van der Waals surface area contributed by atoms with E-state index < -0.39 is 0 Å². The summed E-state index contributed by atoms with van der Waals surface area (Å²) in [6.07, 6.45) is 3.01. The second kappa shape index (κ2) is 7.40. The Kier molecular flexibility index (Phi) is 5.54. The van der Waals surface area contributed by atoms with E-state index in [-0.39, 0.29) is 18.4 Å². The number of likely N-dealkylation sites (N-methyl/N-ethyl adjacent to an activating group) is 1. The summed E-state index contributed by atoms with van der Waals surface area (Å²) < 4.78 is 0. The summed E-state index contributed by atoms with van der Waals surface area (Å²) >= 11 is 1.61. The van der Waals surface area contributed by atoms with Crippen LogP contribution < -0.4 is 5.32 Å². The third-order valence-electron chi connectivity index (χ3n) is 3.72. The summed E-state index contributed by atoms with van der Waals surface area (Å²) in [7, 11) is 1.61. The van der Waals surface area contributed by atoms with Gasteiger partial charge >= 0.3 is 0 Å². The van der Waals surface area contributed by atoms with Crippen LogP contribution in [-0.4, -0.2) is 59.3 Å². The number of aryl methyl sites for hydroxylation is 1. The van der Waals surface area contributed by atoms with Crippen molar-refractivity contribution in [1.29, 1.82) is 0 Å². The maximum Gasteiger partial charge on any atom is 0.246 e. The summed E-state index contributed by atoms with van der Waals surface area (Å²) in [5.41, 5.74) is 1.02. The van der Waals surface area contributed by atoms with Crippen molar-refractivity contribution >= 4 is 28.3 Å². The van der Waals surface area contributed by atoms with Crippen molar-refractivity contribution in [2.24, 2.45) is 0 Å². The van der Waals surface area contributed by atoms with Crippen molar-refractivity contribution in [2.45, 2.75) is 25.8 Å². The van der Waals surface area contributed by atoms with E-state index in [4.69, 9.17) is 0 Å². The van der Waals surface area contributed by atoms with Crippen LogP contribution >= 0.6 is 11.3 Å². The van der Waals surface area contributed by atoms with Crippen molar-refractivity contribution in [1.82, 2.24) is 14.8 Å². The highest BCUT2D eigenvalue weighted by atomic mass is 32.1. The molecule has 0 aromatic carbocycles. The Hall–Kier alpha value is -1.89. The zero-order valence-corrected chi connectivity index (χ0v) is 13.9. The van der Waals surface area contributed by atoms with Crippen LogP contribution in [0.25, 0.3) is 0 Å². The molecule has 1 N–H and O–H groups in total. The average Bonchev–Trinajstić information content (AvgIpc) is 2.92. The summed E-state index contributed by atoms with van der Waals surface area (Å²) in [5.74, 6) is -0.245. The van der Waals surface area contributed by atoms with Crippen LogP contribution in [0.15, 0.2) is 18.0 Å². The summed E-state index contributed by atoms with van der Waals surface area (Å²) in [5, 5.41) is 6.39.